The molecule has 1 atom stereocenters. The van der Waals surface area contributed by atoms with Crippen molar-refractivity contribution in [3.63, 3.8) is 0 Å². The van der Waals surface area contributed by atoms with Crippen LogP contribution in [-0.2, 0) is 9.84 Å². The quantitative estimate of drug-likeness (QED) is 0.772. The highest BCUT2D eigenvalue weighted by atomic mass is 32.2. The maximum Gasteiger partial charge on any atom is 0.224 e. The van der Waals surface area contributed by atoms with Crippen LogP contribution in [0.3, 0.4) is 0 Å². The topological polar surface area (TPSA) is 75.2 Å². The van der Waals surface area contributed by atoms with Gasteiger partial charge in [0.15, 0.2) is 9.84 Å². The van der Waals surface area contributed by atoms with E-state index in [1.165, 1.54) is 0 Å². The average molecular weight is 312 g/mol. The van der Waals surface area contributed by atoms with E-state index in [2.05, 4.69) is 27.1 Å². The minimum Gasteiger partial charge on any atom is -0.354 e. The van der Waals surface area contributed by atoms with Gasteiger partial charge in [0, 0.05) is 25.3 Å². The molecule has 6 nitrogen and oxygen atoms in total. The van der Waals surface area contributed by atoms with E-state index < -0.39 is 9.84 Å². The Hall–Kier alpha value is -1.37. The van der Waals surface area contributed by atoms with Gasteiger partial charge in [-0.05, 0) is 25.8 Å². The molecule has 7 heteroatoms. The van der Waals surface area contributed by atoms with Crippen molar-refractivity contribution >= 4 is 21.6 Å². The normalized spacial score (nSPS) is 20.4. The van der Waals surface area contributed by atoms with Gasteiger partial charge in [-0.1, -0.05) is 13.3 Å². The number of nitrogens with one attached hydrogen (secondary N) is 1. The SMILES string of the molecule is CCCCNc1nccc(N(CC)C2CCS(=O)(=O)C2)n1. The molecule has 1 aliphatic heterocycles. The van der Waals surface area contributed by atoms with Crippen molar-refractivity contribution in [2.75, 3.05) is 34.8 Å². The van der Waals surface area contributed by atoms with Crippen LogP contribution in [0.5, 0.6) is 0 Å². The van der Waals surface area contributed by atoms with Gasteiger partial charge in [0.2, 0.25) is 5.95 Å². The summed E-state index contributed by atoms with van der Waals surface area (Å²) in [5.74, 6) is 1.92. The fraction of sp³-hybridized carbons (Fsp3) is 0.714. The van der Waals surface area contributed by atoms with Crippen LogP contribution in [0.15, 0.2) is 12.3 Å². The average Bonchev–Trinajstić information content (AvgIpc) is 2.81. The third-order valence-corrected chi connectivity index (χ3v) is 5.49. The minimum atomic E-state index is -2.89. The van der Waals surface area contributed by atoms with E-state index in [0.717, 1.165) is 31.7 Å². The van der Waals surface area contributed by atoms with Gasteiger partial charge >= 0.3 is 0 Å². The van der Waals surface area contributed by atoms with Crippen molar-refractivity contribution < 1.29 is 8.42 Å². The van der Waals surface area contributed by atoms with E-state index in [4.69, 9.17) is 0 Å². The Balaban J connectivity index is 2.09. The zero-order valence-corrected chi connectivity index (χ0v) is 13.6. The van der Waals surface area contributed by atoms with Gasteiger partial charge in [-0.3, -0.25) is 0 Å². The molecule has 21 heavy (non-hydrogen) atoms. The number of aromatic nitrogens is 2. The Labute approximate surface area is 126 Å². The van der Waals surface area contributed by atoms with Crippen LogP contribution in [-0.4, -0.2) is 49.0 Å². The number of hydrogen-bond donors (Lipinski definition) is 1. The number of unbranched alkanes of at least 4 members (excludes halogenated alkanes) is 1. The molecule has 0 amide bonds. The molecule has 1 aromatic heterocycles. The molecule has 1 aromatic rings. The molecule has 0 bridgehead atoms. The van der Waals surface area contributed by atoms with Crippen LogP contribution in [0.2, 0.25) is 0 Å². The first-order valence-electron chi connectivity index (χ1n) is 7.59. The summed E-state index contributed by atoms with van der Waals surface area (Å²) < 4.78 is 23.3. The maximum atomic E-state index is 11.7. The Morgan fingerprint density at radius 3 is 2.86 bits per heavy atom. The summed E-state index contributed by atoms with van der Waals surface area (Å²) in [6, 6.07) is 1.87. The van der Waals surface area contributed by atoms with Gasteiger partial charge in [0.1, 0.15) is 5.82 Å². The van der Waals surface area contributed by atoms with E-state index in [9.17, 15) is 8.42 Å². The van der Waals surface area contributed by atoms with Crippen LogP contribution in [0.1, 0.15) is 33.1 Å². The Bertz CT molecular complexity index is 562. The van der Waals surface area contributed by atoms with Crippen LogP contribution in [0.25, 0.3) is 0 Å². The molecule has 1 fully saturated rings. The lowest BCUT2D eigenvalue weighted by Crippen LogP contribution is -2.36. The Morgan fingerprint density at radius 1 is 1.43 bits per heavy atom. The van der Waals surface area contributed by atoms with Crippen LogP contribution in [0.4, 0.5) is 11.8 Å². The zero-order valence-electron chi connectivity index (χ0n) is 12.7. The highest BCUT2D eigenvalue weighted by Gasteiger charge is 2.32. The smallest absolute Gasteiger partial charge is 0.224 e. The summed E-state index contributed by atoms with van der Waals surface area (Å²) >= 11 is 0. The van der Waals surface area contributed by atoms with Crippen LogP contribution in [0, 0.1) is 0 Å². The summed E-state index contributed by atoms with van der Waals surface area (Å²) in [6.45, 7) is 5.75. The second kappa shape index (κ2) is 7.06. The predicted octanol–water partition coefficient (Wildman–Crippen LogP) is 1.70. The van der Waals surface area contributed by atoms with Crippen molar-refractivity contribution in [1.29, 1.82) is 0 Å². The lowest BCUT2D eigenvalue weighted by molar-refractivity contribution is 0.599. The number of anilines is 2. The molecule has 0 radical (unpaired) electrons. The number of sulfone groups is 1. The monoisotopic (exact) mass is 312 g/mol. The highest BCUT2D eigenvalue weighted by Crippen LogP contribution is 2.23. The third kappa shape index (κ3) is 4.30. The van der Waals surface area contributed by atoms with Gasteiger partial charge in [-0.2, -0.15) is 4.98 Å². The summed E-state index contributed by atoms with van der Waals surface area (Å²) in [4.78, 5) is 10.8. The number of hydrogen-bond acceptors (Lipinski definition) is 6. The van der Waals surface area contributed by atoms with E-state index in [0.29, 0.717) is 12.4 Å². The van der Waals surface area contributed by atoms with Crippen molar-refractivity contribution in [3.8, 4) is 0 Å². The van der Waals surface area contributed by atoms with Gasteiger partial charge in [0.25, 0.3) is 0 Å². The van der Waals surface area contributed by atoms with Gasteiger partial charge in [0.05, 0.1) is 11.5 Å². The number of rotatable bonds is 7. The molecular weight excluding hydrogens is 288 g/mol. The van der Waals surface area contributed by atoms with E-state index in [-0.39, 0.29) is 17.5 Å². The molecule has 1 saturated heterocycles. The van der Waals surface area contributed by atoms with Crippen LogP contribution < -0.4 is 10.2 Å². The highest BCUT2D eigenvalue weighted by molar-refractivity contribution is 7.91. The molecule has 0 aromatic carbocycles. The molecular formula is C14H24N4O2S. The molecule has 1 aliphatic rings. The van der Waals surface area contributed by atoms with Gasteiger partial charge < -0.3 is 10.2 Å². The van der Waals surface area contributed by atoms with E-state index >= 15 is 0 Å². The molecule has 1 N–H and O–H groups in total. The second-order valence-electron chi connectivity index (χ2n) is 5.36. The van der Waals surface area contributed by atoms with E-state index in [1.54, 1.807) is 6.20 Å². The van der Waals surface area contributed by atoms with Crippen molar-refractivity contribution in [3.05, 3.63) is 12.3 Å². The van der Waals surface area contributed by atoms with Gasteiger partial charge in [-0.15, -0.1) is 0 Å². The lowest BCUT2D eigenvalue weighted by atomic mass is 10.2. The molecule has 0 saturated carbocycles. The molecule has 2 heterocycles. The summed E-state index contributed by atoms with van der Waals surface area (Å²) in [6.07, 6.45) is 4.60. The first-order chi connectivity index (χ1) is 10.1. The standard InChI is InChI=1S/C14H24N4O2S/c1-3-5-8-15-14-16-9-6-13(17-14)18(4-2)12-7-10-21(19,20)11-12/h6,9,12H,3-5,7-8,10-11H2,1-2H3,(H,15,16,17). The molecule has 1 unspecified atom stereocenters. The van der Waals surface area contributed by atoms with Crippen molar-refractivity contribution in [1.82, 2.24) is 9.97 Å². The summed E-state index contributed by atoms with van der Waals surface area (Å²) in [5, 5.41) is 3.20. The van der Waals surface area contributed by atoms with Crippen molar-refractivity contribution in [2.24, 2.45) is 0 Å². The fourth-order valence-electron chi connectivity index (χ4n) is 2.60. The predicted molar refractivity (Wildman–Crippen MR) is 85.5 cm³/mol. The van der Waals surface area contributed by atoms with E-state index in [1.807, 2.05) is 13.0 Å². The van der Waals surface area contributed by atoms with Crippen molar-refractivity contribution in [2.45, 2.75) is 39.2 Å². The molecule has 0 aliphatic carbocycles. The minimum absolute atomic E-state index is 0.0263. The zero-order chi connectivity index (χ0) is 15.3. The summed E-state index contributed by atoms with van der Waals surface area (Å²) in [7, 11) is -2.89. The summed E-state index contributed by atoms with van der Waals surface area (Å²) in [5.41, 5.74) is 0. The largest absolute Gasteiger partial charge is 0.354 e. The first-order valence-corrected chi connectivity index (χ1v) is 9.42. The Morgan fingerprint density at radius 2 is 2.24 bits per heavy atom. The first kappa shape index (κ1) is 16.0. The maximum absolute atomic E-state index is 11.7. The number of nitrogens with zero attached hydrogens (tertiary/aromatic N) is 3. The molecule has 0 spiro atoms. The van der Waals surface area contributed by atoms with Gasteiger partial charge in [-0.25, -0.2) is 13.4 Å². The third-order valence-electron chi connectivity index (χ3n) is 3.74. The molecule has 118 valence electrons. The molecule has 2 rings (SSSR count). The lowest BCUT2D eigenvalue weighted by Gasteiger charge is -2.28. The fourth-order valence-corrected chi connectivity index (χ4v) is 4.33. The van der Waals surface area contributed by atoms with Crippen LogP contribution >= 0.6 is 0 Å². The Kier molecular flexibility index (Phi) is 5.39. The second-order valence-corrected chi connectivity index (χ2v) is 7.59.